The minimum atomic E-state index is -0.468. The van der Waals surface area contributed by atoms with Crippen LogP contribution in [-0.2, 0) is 0 Å². The van der Waals surface area contributed by atoms with E-state index >= 15 is 0 Å². The average molecular weight is 198 g/mol. The van der Waals surface area contributed by atoms with Crippen molar-refractivity contribution < 1.29 is 4.92 Å². The molecule has 3 nitrogen and oxygen atoms in total. The Morgan fingerprint density at radius 2 is 2.00 bits per heavy atom. The molecule has 0 aromatic heterocycles. The minimum Gasteiger partial charge on any atom is -0.259 e. The van der Waals surface area contributed by atoms with Crippen molar-refractivity contribution in [2.45, 2.75) is 6.92 Å². The Bertz CT molecular complexity index is 343. The maximum absolute atomic E-state index is 10.2. The van der Waals surface area contributed by atoms with E-state index in [9.17, 15) is 10.1 Å². The van der Waals surface area contributed by atoms with E-state index in [-0.39, 0.29) is 0 Å². The minimum absolute atomic E-state index is 0.468. The predicted octanol–water partition coefficient (Wildman–Crippen LogP) is 2.98. The molecule has 0 aliphatic rings. The number of hydrogen-bond acceptors (Lipinski definition) is 2. The van der Waals surface area contributed by atoms with Gasteiger partial charge in [-0.3, -0.25) is 10.1 Å². The van der Waals surface area contributed by atoms with Crippen molar-refractivity contribution in [2.75, 3.05) is 0 Å². The molecule has 0 amide bonds. The first kappa shape index (κ1) is 9.74. The molecule has 1 rings (SSSR count). The first-order valence-electron chi connectivity index (χ1n) is 3.67. The molecular weight excluding hydrogens is 190 g/mol. The van der Waals surface area contributed by atoms with Gasteiger partial charge in [0.05, 0.1) is 4.92 Å². The van der Waals surface area contributed by atoms with Crippen LogP contribution in [0.25, 0.3) is 5.57 Å². The zero-order valence-electron chi connectivity index (χ0n) is 7.03. The summed E-state index contributed by atoms with van der Waals surface area (Å²) in [5.41, 5.74) is 1.42. The van der Waals surface area contributed by atoms with Crippen molar-refractivity contribution in [3.05, 3.63) is 51.2 Å². The molecule has 0 aliphatic carbocycles. The summed E-state index contributed by atoms with van der Waals surface area (Å²) in [6.07, 6.45) is 0.975. The second kappa shape index (κ2) is 4.05. The molecule has 1 aromatic carbocycles. The summed E-state index contributed by atoms with van der Waals surface area (Å²) in [5.74, 6) is 0. The zero-order chi connectivity index (χ0) is 9.84. The van der Waals surface area contributed by atoms with Gasteiger partial charge in [0.2, 0.25) is 6.20 Å². The molecule has 0 spiro atoms. The number of benzene rings is 1. The summed E-state index contributed by atoms with van der Waals surface area (Å²) < 4.78 is 0. The molecule has 0 N–H and O–H groups in total. The number of hydrogen-bond donors (Lipinski definition) is 0. The third-order valence-electron chi connectivity index (χ3n) is 1.60. The van der Waals surface area contributed by atoms with E-state index < -0.39 is 4.92 Å². The van der Waals surface area contributed by atoms with Crippen LogP contribution >= 0.6 is 11.6 Å². The first-order valence-corrected chi connectivity index (χ1v) is 4.05. The number of nitrogens with zero attached hydrogens (tertiary/aromatic N) is 1. The van der Waals surface area contributed by atoms with Crippen LogP contribution in [0.1, 0.15) is 12.5 Å². The van der Waals surface area contributed by atoms with E-state index in [1.165, 1.54) is 0 Å². The molecule has 0 atom stereocenters. The number of allylic oxidation sites excluding steroid dienone is 1. The molecule has 0 unspecified atom stereocenters. The average Bonchev–Trinajstić information content (AvgIpc) is 2.04. The fourth-order valence-corrected chi connectivity index (χ4v) is 1.07. The van der Waals surface area contributed by atoms with Crippen LogP contribution in [-0.4, -0.2) is 4.92 Å². The summed E-state index contributed by atoms with van der Waals surface area (Å²) in [6, 6.07) is 6.90. The van der Waals surface area contributed by atoms with Gasteiger partial charge in [-0.2, -0.15) is 0 Å². The number of rotatable bonds is 2. The monoisotopic (exact) mass is 197 g/mol. The Labute approximate surface area is 80.8 Å². The fourth-order valence-electron chi connectivity index (χ4n) is 0.945. The highest BCUT2D eigenvalue weighted by molar-refractivity contribution is 6.30. The molecule has 1 aromatic rings. The maximum atomic E-state index is 10.2. The lowest BCUT2D eigenvalue weighted by Crippen LogP contribution is -1.87. The summed E-state index contributed by atoms with van der Waals surface area (Å²) in [7, 11) is 0. The van der Waals surface area contributed by atoms with Crippen LogP contribution in [0.4, 0.5) is 0 Å². The third kappa shape index (κ3) is 2.87. The molecule has 0 saturated carbocycles. The Balaban J connectivity index is 2.96. The van der Waals surface area contributed by atoms with E-state index in [0.29, 0.717) is 10.6 Å². The summed E-state index contributed by atoms with van der Waals surface area (Å²) >= 11 is 5.67. The highest BCUT2D eigenvalue weighted by Gasteiger charge is 1.99. The molecule has 0 bridgehead atoms. The fraction of sp³-hybridized carbons (Fsp3) is 0.111. The Kier molecular flexibility index (Phi) is 3.03. The molecular formula is C9H8ClNO2. The first-order chi connectivity index (χ1) is 6.09. The van der Waals surface area contributed by atoms with Gasteiger partial charge >= 0.3 is 0 Å². The molecule has 0 radical (unpaired) electrons. The van der Waals surface area contributed by atoms with E-state index in [1.807, 2.05) is 0 Å². The lowest BCUT2D eigenvalue weighted by Gasteiger charge is -1.97. The summed E-state index contributed by atoms with van der Waals surface area (Å²) in [6.45, 7) is 1.69. The maximum Gasteiger partial charge on any atom is 0.237 e. The van der Waals surface area contributed by atoms with Crippen LogP contribution < -0.4 is 0 Å². The van der Waals surface area contributed by atoms with E-state index in [1.54, 1.807) is 31.2 Å². The van der Waals surface area contributed by atoms with Crippen molar-refractivity contribution in [1.29, 1.82) is 0 Å². The predicted molar refractivity (Wildman–Crippen MR) is 52.1 cm³/mol. The lowest BCUT2D eigenvalue weighted by molar-refractivity contribution is -0.401. The van der Waals surface area contributed by atoms with Gasteiger partial charge in [0.25, 0.3) is 0 Å². The number of halogens is 1. The lowest BCUT2D eigenvalue weighted by atomic mass is 10.1. The van der Waals surface area contributed by atoms with Crippen molar-refractivity contribution in [3.8, 4) is 0 Å². The molecule has 13 heavy (non-hydrogen) atoms. The molecule has 4 heteroatoms. The van der Waals surface area contributed by atoms with Gasteiger partial charge in [-0.05, 0) is 24.6 Å². The second-order valence-electron chi connectivity index (χ2n) is 2.60. The van der Waals surface area contributed by atoms with E-state index in [2.05, 4.69) is 0 Å². The highest BCUT2D eigenvalue weighted by atomic mass is 35.5. The van der Waals surface area contributed by atoms with Gasteiger partial charge in [-0.1, -0.05) is 23.7 Å². The topological polar surface area (TPSA) is 43.1 Å². The van der Waals surface area contributed by atoms with Gasteiger partial charge in [0, 0.05) is 10.6 Å². The van der Waals surface area contributed by atoms with Gasteiger partial charge < -0.3 is 0 Å². The van der Waals surface area contributed by atoms with Crippen molar-refractivity contribution in [3.63, 3.8) is 0 Å². The Morgan fingerprint density at radius 3 is 2.46 bits per heavy atom. The van der Waals surface area contributed by atoms with Crippen LogP contribution in [0.5, 0.6) is 0 Å². The van der Waals surface area contributed by atoms with Crippen molar-refractivity contribution in [1.82, 2.24) is 0 Å². The molecule has 0 aliphatic heterocycles. The Hall–Kier alpha value is -1.35. The van der Waals surface area contributed by atoms with Gasteiger partial charge in [-0.15, -0.1) is 0 Å². The molecule has 0 fully saturated rings. The highest BCUT2D eigenvalue weighted by Crippen LogP contribution is 2.16. The molecule has 0 heterocycles. The van der Waals surface area contributed by atoms with Crippen LogP contribution in [0, 0.1) is 10.1 Å². The molecule has 0 saturated heterocycles. The number of nitro groups is 1. The third-order valence-corrected chi connectivity index (χ3v) is 1.85. The summed E-state index contributed by atoms with van der Waals surface area (Å²) in [4.78, 5) is 9.68. The van der Waals surface area contributed by atoms with Gasteiger partial charge in [-0.25, -0.2) is 0 Å². The van der Waals surface area contributed by atoms with Gasteiger partial charge in [0.15, 0.2) is 0 Å². The van der Waals surface area contributed by atoms with Gasteiger partial charge in [0.1, 0.15) is 0 Å². The SMILES string of the molecule is C/C(=C/[N+](=O)[O-])c1ccc(Cl)cc1. The molecule has 68 valence electrons. The summed E-state index contributed by atoms with van der Waals surface area (Å²) in [5, 5.41) is 10.8. The van der Waals surface area contributed by atoms with E-state index in [4.69, 9.17) is 11.6 Å². The van der Waals surface area contributed by atoms with Crippen LogP contribution in [0.15, 0.2) is 30.5 Å². The smallest absolute Gasteiger partial charge is 0.237 e. The van der Waals surface area contributed by atoms with Crippen LogP contribution in [0.2, 0.25) is 5.02 Å². The quantitative estimate of drug-likeness (QED) is 0.540. The van der Waals surface area contributed by atoms with Crippen LogP contribution in [0.3, 0.4) is 0 Å². The standard InChI is InChI=1S/C9H8ClNO2/c1-7(6-11(12)13)8-2-4-9(10)5-3-8/h2-6H,1H3/b7-6-. The Morgan fingerprint density at radius 1 is 1.46 bits per heavy atom. The largest absolute Gasteiger partial charge is 0.259 e. The second-order valence-corrected chi connectivity index (χ2v) is 3.04. The van der Waals surface area contributed by atoms with Crippen molar-refractivity contribution >= 4 is 17.2 Å². The normalized spacial score (nSPS) is 11.4. The van der Waals surface area contributed by atoms with E-state index in [0.717, 1.165) is 11.8 Å². The van der Waals surface area contributed by atoms with Crippen molar-refractivity contribution in [2.24, 2.45) is 0 Å². The zero-order valence-corrected chi connectivity index (χ0v) is 7.78.